The molecule has 162 valence electrons. The summed E-state index contributed by atoms with van der Waals surface area (Å²) in [5.74, 6) is 2.02. The molecule has 0 saturated heterocycles. The van der Waals surface area contributed by atoms with Gasteiger partial charge in [0.05, 0.1) is 18.8 Å². The zero-order valence-electron chi connectivity index (χ0n) is 18.1. The average molecular weight is 410 g/mol. The maximum atomic E-state index is 10.3. The fraction of sp³-hybridized carbons (Fsp3) is 0.538. The van der Waals surface area contributed by atoms with Gasteiger partial charge in [-0.05, 0) is 48.9 Å². The van der Waals surface area contributed by atoms with Crippen LogP contribution in [0.4, 0.5) is 0 Å². The highest BCUT2D eigenvalue weighted by molar-refractivity contribution is 5.46. The summed E-state index contributed by atoms with van der Waals surface area (Å²) >= 11 is 0. The quantitative estimate of drug-likeness (QED) is 0.623. The van der Waals surface area contributed by atoms with Gasteiger partial charge >= 0.3 is 0 Å². The first-order chi connectivity index (χ1) is 14.7. The lowest BCUT2D eigenvalue weighted by Gasteiger charge is -2.27. The van der Waals surface area contributed by atoms with E-state index in [9.17, 15) is 5.11 Å². The molecule has 4 atom stereocenters. The minimum atomic E-state index is -0.459. The second-order valence-electron chi connectivity index (χ2n) is 8.95. The van der Waals surface area contributed by atoms with E-state index in [0.29, 0.717) is 31.8 Å². The van der Waals surface area contributed by atoms with Gasteiger partial charge in [-0.25, -0.2) is 0 Å². The van der Waals surface area contributed by atoms with Gasteiger partial charge in [0, 0.05) is 18.0 Å². The molecule has 1 heterocycles. The molecule has 0 amide bonds. The molecule has 2 aromatic carbocycles. The third kappa shape index (κ3) is 5.42. The topological polar surface area (TPSA) is 50.7 Å². The molecular formula is C26H35NO3. The highest BCUT2D eigenvalue weighted by Crippen LogP contribution is 2.38. The smallest absolute Gasteiger partial charge is 0.123 e. The zero-order valence-corrected chi connectivity index (χ0v) is 18.1. The number of aliphatic hydroxyl groups is 1. The third-order valence-electron chi connectivity index (χ3n) is 6.51. The Morgan fingerprint density at radius 1 is 1.10 bits per heavy atom. The fourth-order valence-corrected chi connectivity index (χ4v) is 4.89. The maximum absolute atomic E-state index is 10.3. The summed E-state index contributed by atoms with van der Waals surface area (Å²) in [6.07, 6.45) is 5.64. The highest BCUT2D eigenvalue weighted by Gasteiger charge is 2.24. The summed E-state index contributed by atoms with van der Waals surface area (Å²) in [4.78, 5) is 0. The first-order valence-corrected chi connectivity index (χ1v) is 11.5. The summed E-state index contributed by atoms with van der Waals surface area (Å²) < 4.78 is 12.0. The van der Waals surface area contributed by atoms with Gasteiger partial charge in [-0.15, -0.1) is 0 Å². The van der Waals surface area contributed by atoms with Crippen LogP contribution in [-0.2, 0) is 11.3 Å². The van der Waals surface area contributed by atoms with Crippen molar-refractivity contribution in [2.75, 3.05) is 19.7 Å². The molecule has 4 rings (SSSR count). The molecular weight excluding hydrogens is 374 g/mol. The number of fused-ring (bicyclic) bond motifs is 2. The molecule has 2 aromatic rings. The van der Waals surface area contributed by atoms with E-state index in [1.54, 1.807) is 0 Å². The number of benzene rings is 2. The lowest BCUT2D eigenvalue weighted by molar-refractivity contribution is -0.0305. The molecule has 1 fully saturated rings. The maximum Gasteiger partial charge on any atom is 0.123 e. The van der Waals surface area contributed by atoms with Gasteiger partial charge in [0.25, 0.3) is 0 Å². The second-order valence-corrected chi connectivity index (χ2v) is 8.95. The third-order valence-corrected chi connectivity index (χ3v) is 6.51. The number of nitrogens with one attached hydrogen (secondary N) is 1. The first-order valence-electron chi connectivity index (χ1n) is 11.5. The SMILES string of the molecule is CC1CCCC(OCC(O)CNCCC2c3ccccc3COc3ccccc32)C1. The first kappa shape index (κ1) is 21.4. The van der Waals surface area contributed by atoms with Crippen LogP contribution in [0.2, 0.25) is 0 Å². The van der Waals surface area contributed by atoms with Gasteiger partial charge in [-0.2, -0.15) is 0 Å². The molecule has 0 radical (unpaired) electrons. The summed E-state index contributed by atoms with van der Waals surface area (Å²) in [5, 5.41) is 13.8. The predicted molar refractivity (Wildman–Crippen MR) is 120 cm³/mol. The van der Waals surface area contributed by atoms with Crippen LogP contribution in [0.5, 0.6) is 5.75 Å². The molecule has 4 nitrogen and oxygen atoms in total. The zero-order chi connectivity index (χ0) is 20.8. The number of para-hydroxylation sites is 1. The van der Waals surface area contributed by atoms with Crippen LogP contribution < -0.4 is 10.1 Å². The van der Waals surface area contributed by atoms with Crippen molar-refractivity contribution in [2.45, 2.75) is 63.8 Å². The second kappa shape index (κ2) is 10.4. The lowest BCUT2D eigenvalue weighted by Crippen LogP contribution is -2.34. The van der Waals surface area contributed by atoms with Crippen LogP contribution >= 0.6 is 0 Å². The molecule has 30 heavy (non-hydrogen) atoms. The van der Waals surface area contributed by atoms with Crippen LogP contribution in [0.3, 0.4) is 0 Å². The fourth-order valence-electron chi connectivity index (χ4n) is 4.89. The Hall–Kier alpha value is -1.88. The number of rotatable bonds is 8. The largest absolute Gasteiger partial charge is 0.489 e. The van der Waals surface area contributed by atoms with Crippen molar-refractivity contribution >= 4 is 0 Å². The van der Waals surface area contributed by atoms with E-state index in [4.69, 9.17) is 9.47 Å². The van der Waals surface area contributed by atoms with Gasteiger partial charge in [0.15, 0.2) is 0 Å². The van der Waals surface area contributed by atoms with Gasteiger partial charge in [0.1, 0.15) is 12.4 Å². The minimum absolute atomic E-state index is 0.296. The van der Waals surface area contributed by atoms with Crippen LogP contribution in [-0.4, -0.2) is 37.0 Å². The molecule has 2 aliphatic rings. The van der Waals surface area contributed by atoms with Gasteiger partial charge in [-0.3, -0.25) is 0 Å². The molecule has 0 bridgehead atoms. The van der Waals surface area contributed by atoms with Crippen LogP contribution in [0.1, 0.15) is 61.6 Å². The molecule has 0 spiro atoms. The van der Waals surface area contributed by atoms with E-state index >= 15 is 0 Å². The van der Waals surface area contributed by atoms with E-state index < -0.39 is 6.10 Å². The van der Waals surface area contributed by atoms with Gasteiger partial charge in [-0.1, -0.05) is 62.2 Å². The van der Waals surface area contributed by atoms with Gasteiger partial charge < -0.3 is 19.9 Å². The summed E-state index contributed by atoms with van der Waals surface area (Å²) in [6.45, 7) is 4.74. The summed E-state index contributed by atoms with van der Waals surface area (Å²) in [6, 6.07) is 16.9. The number of aliphatic hydroxyl groups excluding tert-OH is 1. The van der Waals surface area contributed by atoms with E-state index in [-0.39, 0.29) is 0 Å². The van der Waals surface area contributed by atoms with E-state index in [1.807, 2.05) is 6.07 Å². The lowest BCUT2D eigenvalue weighted by atomic mass is 9.86. The summed E-state index contributed by atoms with van der Waals surface area (Å²) in [5.41, 5.74) is 3.85. The Labute approximate surface area is 180 Å². The van der Waals surface area contributed by atoms with E-state index in [1.165, 1.54) is 29.5 Å². The van der Waals surface area contributed by atoms with Crippen molar-refractivity contribution in [2.24, 2.45) is 5.92 Å². The van der Waals surface area contributed by atoms with Crippen molar-refractivity contribution in [3.05, 3.63) is 65.2 Å². The molecule has 2 N–H and O–H groups in total. The average Bonchev–Trinajstić information content (AvgIpc) is 2.92. The molecule has 1 saturated carbocycles. The Morgan fingerprint density at radius 2 is 1.90 bits per heavy atom. The van der Waals surface area contributed by atoms with Crippen molar-refractivity contribution in [3.63, 3.8) is 0 Å². The summed E-state index contributed by atoms with van der Waals surface area (Å²) in [7, 11) is 0. The van der Waals surface area contributed by atoms with Crippen molar-refractivity contribution in [1.29, 1.82) is 0 Å². The number of hydrogen-bond acceptors (Lipinski definition) is 4. The Kier molecular flexibility index (Phi) is 7.42. The Bertz CT molecular complexity index is 761. The number of hydrogen-bond donors (Lipinski definition) is 2. The molecule has 0 aromatic heterocycles. The molecule has 4 heteroatoms. The van der Waals surface area contributed by atoms with Gasteiger partial charge in [0.2, 0.25) is 0 Å². The Morgan fingerprint density at radius 3 is 2.77 bits per heavy atom. The van der Waals surface area contributed by atoms with Crippen molar-refractivity contribution in [1.82, 2.24) is 5.32 Å². The molecule has 1 aliphatic carbocycles. The van der Waals surface area contributed by atoms with Crippen LogP contribution in [0.25, 0.3) is 0 Å². The van der Waals surface area contributed by atoms with E-state index in [2.05, 4.69) is 54.7 Å². The van der Waals surface area contributed by atoms with Crippen LogP contribution in [0, 0.1) is 5.92 Å². The standard InChI is InChI=1S/C26H35NO3/c1-19-7-6-9-22(15-19)29-18-21(28)16-27-14-13-24-23-10-3-2-8-20(23)17-30-26-12-5-4-11-25(24)26/h2-5,8,10-12,19,21-22,24,27-28H,6-7,9,13-18H2,1H3. The van der Waals surface area contributed by atoms with Crippen molar-refractivity contribution in [3.8, 4) is 5.75 Å². The minimum Gasteiger partial charge on any atom is -0.489 e. The Balaban J connectivity index is 1.28. The predicted octanol–water partition coefficient (Wildman–Crippen LogP) is 4.65. The van der Waals surface area contributed by atoms with Crippen molar-refractivity contribution < 1.29 is 14.6 Å². The van der Waals surface area contributed by atoms with Crippen LogP contribution in [0.15, 0.2) is 48.5 Å². The molecule has 4 unspecified atom stereocenters. The normalized spacial score (nSPS) is 24.3. The molecule has 1 aliphatic heterocycles. The van der Waals surface area contributed by atoms with E-state index in [0.717, 1.165) is 37.5 Å². The monoisotopic (exact) mass is 409 g/mol. The highest BCUT2D eigenvalue weighted by atomic mass is 16.5. The number of ether oxygens (including phenoxy) is 2.